The molecule has 2 atom stereocenters. The highest BCUT2D eigenvalue weighted by atomic mass is 32.2. The van der Waals surface area contributed by atoms with E-state index in [1.165, 1.54) is 0 Å². The van der Waals surface area contributed by atoms with E-state index in [-0.39, 0.29) is 11.5 Å². The zero-order valence-corrected chi connectivity index (χ0v) is 10.4. The molecule has 2 N–H and O–H groups in total. The number of rotatable bonds is 1. The Labute approximate surface area is 94.9 Å². The third-order valence-corrected chi connectivity index (χ3v) is 3.74. The van der Waals surface area contributed by atoms with Crippen molar-refractivity contribution >= 4 is 15.9 Å². The number of carbonyl (C=O) groups excluding carboxylic acids is 1. The van der Waals surface area contributed by atoms with E-state index in [2.05, 4.69) is 5.32 Å². The molecule has 0 aromatic rings. The van der Waals surface area contributed by atoms with Crippen LogP contribution in [0.3, 0.4) is 0 Å². The van der Waals surface area contributed by atoms with Gasteiger partial charge in [-0.15, -0.1) is 0 Å². The molecule has 6 nitrogen and oxygen atoms in total. The van der Waals surface area contributed by atoms with Gasteiger partial charge in [-0.3, -0.25) is 0 Å². The maximum absolute atomic E-state index is 11.3. The Balaban J connectivity index is 2.53. The van der Waals surface area contributed by atoms with Crippen molar-refractivity contribution in [3.8, 4) is 0 Å². The van der Waals surface area contributed by atoms with Gasteiger partial charge in [0.2, 0.25) is 0 Å². The number of ether oxygens (including phenoxy) is 1. The molecule has 1 aliphatic heterocycles. The molecule has 0 aliphatic carbocycles. The van der Waals surface area contributed by atoms with E-state index in [1.54, 1.807) is 20.8 Å². The predicted octanol–water partition coefficient (Wildman–Crippen LogP) is -0.331. The summed E-state index contributed by atoms with van der Waals surface area (Å²) in [4.78, 5) is 11.3. The van der Waals surface area contributed by atoms with E-state index >= 15 is 0 Å². The smallest absolute Gasteiger partial charge is 0.407 e. The first kappa shape index (κ1) is 13.2. The van der Waals surface area contributed by atoms with Crippen LogP contribution in [0.1, 0.15) is 20.8 Å². The van der Waals surface area contributed by atoms with Crippen molar-refractivity contribution in [2.45, 2.75) is 38.5 Å². The first-order chi connectivity index (χ1) is 7.09. The lowest BCUT2D eigenvalue weighted by molar-refractivity contribution is 0.0461. The molecular weight excluding hydrogens is 234 g/mol. The molecule has 16 heavy (non-hydrogen) atoms. The number of amides is 1. The Bertz CT molecular complexity index is 370. The predicted molar refractivity (Wildman–Crippen MR) is 57.8 cm³/mol. The zero-order valence-electron chi connectivity index (χ0n) is 9.56. The summed E-state index contributed by atoms with van der Waals surface area (Å²) in [7, 11) is -3.25. The third-order valence-electron chi connectivity index (χ3n) is 2.02. The maximum Gasteiger partial charge on any atom is 0.407 e. The largest absolute Gasteiger partial charge is 0.444 e. The van der Waals surface area contributed by atoms with Crippen LogP contribution in [-0.2, 0) is 14.6 Å². The van der Waals surface area contributed by atoms with Crippen LogP contribution in [0.2, 0.25) is 0 Å². The average molecular weight is 251 g/mol. The van der Waals surface area contributed by atoms with E-state index in [4.69, 9.17) is 4.74 Å². The Morgan fingerprint density at radius 1 is 1.38 bits per heavy atom. The van der Waals surface area contributed by atoms with E-state index in [0.29, 0.717) is 0 Å². The molecular formula is C9H17NO5S. The summed E-state index contributed by atoms with van der Waals surface area (Å²) in [6.45, 7) is 5.11. The van der Waals surface area contributed by atoms with Gasteiger partial charge < -0.3 is 15.2 Å². The minimum atomic E-state index is -3.25. The maximum atomic E-state index is 11.3. The molecule has 1 saturated heterocycles. The van der Waals surface area contributed by atoms with Gasteiger partial charge in [0, 0.05) is 0 Å². The van der Waals surface area contributed by atoms with Gasteiger partial charge in [0.15, 0.2) is 9.84 Å². The fraction of sp³-hybridized carbons (Fsp3) is 0.889. The second kappa shape index (κ2) is 4.21. The summed E-state index contributed by atoms with van der Waals surface area (Å²) in [5.41, 5.74) is -0.646. The van der Waals surface area contributed by atoms with Crippen molar-refractivity contribution in [3.05, 3.63) is 0 Å². The Kier molecular flexibility index (Phi) is 3.49. The van der Waals surface area contributed by atoms with Gasteiger partial charge in [0.05, 0.1) is 23.7 Å². The number of alkyl carbamates (subject to hydrolysis) is 1. The van der Waals surface area contributed by atoms with E-state index in [9.17, 15) is 18.3 Å². The van der Waals surface area contributed by atoms with Gasteiger partial charge >= 0.3 is 6.09 Å². The molecule has 0 aromatic carbocycles. The topological polar surface area (TPSA) is 92.7 Å². The number of carbonyl (C=O) groups is 1. The Morgan fingerprint density at radius 3 is 2.31 bits per heavy atom. The lowest BCUT2D eigenvalue weighted by Gasteiger charge is -2.22. The second-order valence-corrected chi connectivity index (χ2v) is 7.05. The highest BCUT2D eigenvalue weighted by Gasteiger charge is 2.38. The van der Waals surface area contributed by atoms with Crippen LogP contribution in [0.15, 0.2) is 0 Å². The van der Waals surface area contributed by atoms with E-state index in [1.807, 2.05) is 0 Å². The van der Waals surface area contributed by atoms with Crippen molar-refractivity contribution in [2.75, 3.05) is 11.5 Å². The number of aliphatic hydroxyl groups is 1. The van der Waals surface area contributed by atoms with Crippen molar-refractivity contribution in [1.82, 2.24) is 5.32 Å². The highest BCUT2D eigenvalue weighted by molar-refractivity contribution is 7.91. The summed E-state index contributed by atoms with van der Waals surface area (Å²) in [5, 5.41) is 11.8. The molecule has 0 unspecified atom stereocenters. The average Bonchev–Trinajstić information content (AvgIpc) is 2.19. The van der Waals surface area contributed by atoms with Gasteiger partial charge in [0.1, 0.15) is 5.60 Å². The lowest BCUT2D eigenvalue weighted by Crippen LogP contribution is -2.44. The van der Waals surface area contributed by atoms with Crippen LogP contribution < -0.4 is 5.32 Å². The van der Waals surface area contributed by atoms with Crippen molar-refractivity contribution < 1.29 is 23.1 Å². The van der Waals surface area contributed by atoms with Gasteiger partial charge in [0.25, 0.3) is 0 Å². The first-order valence-electron chi connectivity index (χ1n) is 4.97. The summed E-state index contributed by atoms with van der Waals surface area (Å²) in [6, 6.07) is -0.778. The molecule has 0 saturated carbocycles. The molecule has 7 heteroatoms. The zero-order chi connectivity index (χ0) is 12.6. The van der Waals surface area contributed by atoms with Crippen LogP contribution in [0, 0.1) is 0 Å². The highest BCUT2D eigenvalue weighted by Crippen LogP contribution is 2.13. The van der Waals surface area contributed by atoms with Crippen LogP contribution >= 0.6 is 0 Å². The molecule has 94 valence electrons. The molecule has 0 bridgehead atoms. The van der Waals surface area contributed by atoms with Crippen LogP contribution in [0.25, 0.3) is 0 Å². The number of sulfone groups is 1. The standard InChI is InChI=1S/C9H17NO5S/c1-9(2,3)15-8(12)10-6-4-16(13,14)5-7(6)11/h6-7,11H,4-5H2,1-3H3,(H,10,12)/t6-,7+/m0/s1. The summed E-state index contributed by atoms with van der Waals surface area (Å²) >= 11 is 0. The summed E-state index contributed by atoms with van der Waals surface area (Å²) < 4.78 is 27.3. The van der Waals surface area contributed by atoms with Crippen LogP contribution in [0.5, 0.6) is 0 Å². The lowest BCUT2D eigenvalue weighted by atomic mass is 10.2. The minimum absolute atomic E-state index is 0.243. The Hall–Kier alpha value is -0.820. The Morgan fingerprint density at radius 2 is 1.94 bits per heavy atom. The van der Waals surface area contributed by atoms with Crippen molar-refractivity contribution in [1.29, 1.82) is 0 Å². The first-order valence-corrected chi connectivity index (χ1v) is 6.79. The van der Waals surface area contributed by atoms with Crippen LogP contribution in [-0.4, -0.2) is 48.9 Å². The minimum Gasteiger partial charge on any atom is -0.444 e. The molecule has 0 spiro atoms. The monoisotopic (exact) mass is 251 g/mol. The van der Waals surface area contributed by atoms with Crippen LogP contribution in [0.4, 0.5) is 4.79 Å². The van der Waals surface area contributed by atoms with Crippen molar-refractivity contribution in [3.63, 3.8) is 0 Å². The molecule has 1 heterocycles. The van der Waals surface area contributed by atoms with E-state index in [0.717, 1.165) is 0 Å². The van der Waals surface area contributed by atoms with Gasteiger partial charge in [-0.1, -0.05) is 0 Å². The molecule has 1 fully saturated rings. The fourth-order valence-electron chi connectivity index (χ4n) is 1.43. The summed E-state index contributed by atoms with van der Waals surface area (Å²) in [5.74, 6) is -0.555. The quantitative estimate of drug-likeness (QED) is 0.665. The second-order valence-electron chi connectivity index (χ2n) is 4.90. The summed E-state index contributed by atoms with van der Waals surface area (Å²) in [6.07, 6.45) is -1.77. The number of aliphatic hydroxyl groups excluding tert-OH is 1. The van der Waals surface area contributed by atoms with E-state index < -0.39 is 33.7 Å². The SMILES string of the molecule is CC(C)(C)OC(=O)N[C@H]1CS(=O)(=O)C[C@H]1O. The molecule has 0 radical (unpaired) electrons. The fourth-order valence-corrected chi connectivity index (χ4v) is 3.17. The molecule has 1 rings (SSSR count). The molecule has 1 amide bonds. The van der Waals surface area contributed by atoms with Gasteiger partial charge in [-0.05, 0) is 20.8 Å². The normalized spacial score (nSPS) is 28.8. The number of hydrogen-bond donors (Lipinski definition) is 2. The number of nitrogens with one attached hydrogen (secondary N) is 1. The third kappa shape index (κ3) is 3.97. The molecule has 1 aliphatic rings. The van der Waals surface area contributed by atoms with Gasteiger partial charge in [-0.25, -0.2) is 13.2 Å². The number of hydrogen-bond acceptors (Lipinski definition) is 5. The van der Waals surface area contributed by atoms with Gasteiger partial charge in [-0.2, -0.15) is 0 Å². The molecule has 0 aromatic heterocycles. The van der Waals surface area contributed by atoms with Crippen molar-refractivity contribution in [2.24, 2.45) is 0 Å².